The zero-order chi connectivity index (χ0) is 42.2. The molecule has 0 saturated carbocycles. The summed E-state index contributed by atoms with van der Waals surface area (Å²) in [5, 5.41) is 12.6. The number of carbonyl (C=O) groups is 1. The van der Waals surface area contributed by atoms with Crippen molar-refractivity contribution < 1.29 is 20.9 Å². The van der Waals surface area contributed by atoms with E-state index in [0.717, 1.165) is 4.88 Å². The van der Waals surface area contributed by atoms with Gasteiger partial charge in [-0.25, -0.2) is 0 Å². The van der Waals surface area contributed by atoms with E-state index >= 15 is 0 Å². The Labute approximate surface area is 377 Å². The zero-order valence-electron chi connectivity index (χ0n) is 33.5. The van der Waals surface area contributed by atoms with Gasteiger partial charge in [0.05, 0.1) is 0 Å². The van der Waals surface area contributed by atoms with Gasteiger partial charge in [-0.15, -0.1) is 0 Å². The summed E-state index contributed by atoms with van der Waals surface area (Å²) in [6, 6.07) is 97.0. The second kappa shape index (κ2) is 26.2. The van der Waals surface area contributed by atoms with Crippen molar-refractivity contribution in [3.8, 4) is 0 Å². The number of halogens is 1. The molecule has 6 heteroatoms. The van der Waals surface area contributed by atoms with Gasteiger partial charge in [-0.1, -0.05) is 273 Å². The number of benzene rings is 9. The van der Waals surface area contributed by atoms with E-state index in [4.69, 9.17) is 14.5 Å². The van der Waals surface area contributed by atoms with E-state index in [9.17, 15) is 0 Å². The summed E-state index contributed by atoms with van der Waals surface area (Å²) in [5.74, 6) is 0. The minimum atomic E-state index is -0.469. The number of rotatable bonds is 10. The van der Waals surface area contributed by atoms with E-state index in [2.05, 4.69) is 273 Å². The molecule has 0 spiro atoms. The summed E-state index contributed by atoms with van der Waals surface area (Å²) < 4.78 is 0. The molecule has 0 aliphatic rings. The summed E-state index contributed by atoms with van der Waals surface area (Å²) in [4.78, 5) is 9.81. The van der Waals surface area contributed by atoms with Gasteiger partial charge in [0.2, 0.25) is 0 Å². The van der Waals surface area contributed by atoms with E-state index in [0.29, 0.717) is 0 Å². The fourth-order valence-corrected chi connectivity index (χ4v) is 13.5. The van der Waals surface area contributed by atoms with Gasteiger partial charge in [0.15, 0.2) is 0 Å². The minimum absolute atomic E-state index is 0.446. The maximum absolute atomic E-state index is 9.08. The Balaban J connectivity index is 0.000000146. The first-order chi connectivity index (χ1) is 30.3. The zero-order valence-corrected chi connectivity index (χ0v) is 38.7. The smallest absolute Gasteiger partial charge is 0.0134 e. The molecule has 0 aliphatic carbocycles. The van der Waals surface area contributed by atoms with Crippen LogP contribution in [0, 0.1) is 0 Å². The van der Waals surface area contributed by atoms with E-state index < -0.39 is 39.9 Å². The molecule has 0 N–H and O–H groups in total. The molecule has 61 heavy (non-hydrogen) atoms. The third-order valence-corrected chi connectivity index (χ3v) is 17.0. The molecule has 0 saturated heterocycles. The van der Waals surface area contributed by atoms with E-state index in [-0.39, 0.29) is 0 Å². The Kier molecular flexibility index (Phi) is 19.5. The molecule has 0 aromatic heterocycles. The Morgan fingerprint density at radius 1 is 0.246 bits per heavy atom. The Morgan fingerprint density at radius 2 is 0.344 bits per heavy atom. The van der Waals surface area contributed by atoms with Crippen molar-refractivity contribution in [3.63, 3.8) is 0 Å². The Hall–Kier alpha value is -5.15. The number of carbonyl (C=O) groups excluding carboxylic acids is 1. The molecule has 9 rings (SSSR count). The summed E-state index contributed by atoms with van der Waals surface area (Å²) >= 11 is -0.469. The molecule has 0 radical (unpaired) electrons. The van der Waals surface area contributed by atoms with Crippen LogP contribution in [-0.2, 0) is 20.9 Å². The Morgan fingerprint density at radius 3 is 0.426 bits per heavy atom. The second-order valence-corrected chi connectivity index (χ2v) is 21.5. The van der Waals surface area contributed by atoms with Crippen molar-refractivity contribution in [1.29, 1.82) is 0 Å². The van der Waals surface area contributed by atoms with Crippen molar-refractivity contribution in [2.45, 2.75) is 0 Å². The molecule has 9 aromatic rings. The van der Waals surface area contributed by atoms with Crippen molar-refractivity contribution in [1.82, 2.24) is 0 Å². The average molecular weight is 952 g/mol. The largest absolute Gasteiger partial charge is 0.0622 e. The Bertz CT molecular complexity index is 1940. The normalized spacial score (nSPS) is 10.4. The average Bonchev–Trinajstić information content (AvgIpc) is 3.35. The van der Waals surface area contributed by atoms with Gasteiger partial charge in [0.1, 0.15) is 0 Å². The van der Waals surface area contributed by atoms with Crippen LogP contribution in [0.25, 0.3) is 0 Å². The molecule has 0 unspecified atom stereocenters. The maximum Gasteiger partial charge on any atom is -0.0134 e. The molecule has 9 aromatic carbocycles. The quantitative estimate of drug-likeness (QED) is 0.0759. The topological polar surface area (TPSA) is 17.1 Å². The molecule has 1 nitrogen and oxygen atoms in total. The third-order valence-electron chi connectivity index (χ3n) is 9.16. The van der Waals surface area contributed by atoms with Crippen LogP contribution in [-0.4, -0.2) is 4.88 Å². The van der Waals surface area contributed by atoms with Crippen LogP contribution in [0.1, 0.15) is 0 Å². The van der Waals surface area contributed by atoms with Crippen molar-refractivity contribution >= 4 is 86.1 Å². The van der Waals surface area contributed by atoms with Gasteiger partial charge < -0.3 is 0 Å². The molecule has 0 amide bonds. The fraction of sp³-hybridized carbons (Fsp3) is 0. The van der Waals surface area contributed by atoms with Gasteiger partial charge in [0, 0.05) is 0 Å². The van der Waals surface area contributed by atoms with Crippen LogP contribution < -0.4 is 47.7 Å². The van der Waals surface area contributed by atoms with Crippen LogP contribution in [0.4, 0.5) is 0 Å². The number of hydrogen-bond acceptors (Lipinski definition) is 1. The number of hydrogen-bond donors (Lipinski definition) is 0. The van der Waals surface area contributed by atoms with E-state index in [1.165, 1.54) is 47.7 Å². The van der Waals surface area contributed by atoms with Crippen molar-refractivity contribution in [3.05, 3.63) is 273 Å². The minimum Gasteiger partial charge on any atom is -0.0622 e. The second-order valence-electron chi connectivity index (χ2n) is 13.2. The van der Waals surface area contributed by atoms with Crippen LogP contribution >= 0.6 is 33.5 Å². The van der Waals surface area contributed by atoms with Gasteiger partial charge in [0.25, 0.3) is 0 Å². The summed E-state index contributed by atoms with van der Waals surface area (Å²) in [7, 11) is 3.57. The van der Waals surface area contributed by atoms with Gasteiger partial charge >= 0.3 is 35.5 Å². The first kappa shape index (κ1) is 45.4. The molecular formula is C55H46ClOP3Ru. The summed E-state index contributed by atoms with van der Waals surface area (Å²) in [5.41, 5.74) is 0. The van der Waals surface area contributed by atoms with E-state index in [1.807, 2.05) is 0 Å². The first-order valence-corrected chi connectivity index (χ1v) is 27.0. The first-order valence-electron chi connectivity index (χ1n) is 19.8. The maximum atomic E-state index is 9.08. The molecule has 0 heterocycles. The van der Waals surface area contributed by atoms with Gasteiger partial charge in [-0.2, -0.15) is 0 Å². The molecule has 0 aliphatic heterocycles. The third kappa shape index (κ3) is 14.2. The summed E-state index contributed by atoms with van der Waals surface area (Å²) in [6.45, 7) is 0. The molecule has 302 valence electrons. The molecule has 0 bridgehead atoms. The summed E-state index contributed by atoms with van der Waals surface area (Å²) in [6.07, 6.45) is 0. The molecule has 0 atom stereocenters. The molecular weight excluding hydrogens is 906 g/mol. The van der Waals surface area contributed by atoms with Crippen molar-refractivity contribution in [2.24, 2.45) is 0 Å². The van der Waals surface area contributed by atoms with Gasteiger partial charge in [-0.3, -0.25) is 0 Å². The monoisotopic (exact) mass is 952 g/mol. The van der Waals surface area contributed by atoms with Crippen LogP contribution in [0.15, 0.2) is 273 Å². The predicted molar refractivity (Wildman–Crippen MR) is 268 cm³/mol. The predicted octanol–water partition coefficient (Wildman–Crippen LogP) is 10.7. The van der Waals surface area contributed by atoms with Crippen molar-refractivity contribution in [2.75, 3.05) is 0 Å². The van der Waals surface area contributed by atoms with E-state index in [1.54, 1.807) is 0 Å². The van der Waals surface area contributed by atoms with Crippen LogP contribution in [0.2, 0.25) is 0 Å². The van der Waals surface area contributed by atoms with Gasteiger partial charge in [-0.05, 0) is 71.5 Å². The standard InChI is InChI=1S/3C18H15P.CHO.ClH.Ru/c3*1-4-10-16(11-5-1)19(17-12-6-2-7-13-17)18-14-8-3-9-15-18;1-2;;/h3*1-15H;1H;1H;/q;;;;;+1/p-1. The van der Waals surface area contributed by atoms with Crippen LogP contribution in [0.3, 0.4) is 0 Å². The van der Waals surface area contributed by atoms with Crippen LogP contribution in [0.5, 0.6) is 0 Å². The molecule has 0 fully saturated rings. The SMILES string of the molecule is O=[CH][Ru][Cl].c1ccc(P(c2ccccc2)c2ccccc2)cc1.c1ccc(P(c2ccccc2)c2ccccc2)cc1.c1ccc(P(c2ccccc2)c2ccccc2)cc1. The fourth-order valence-electron chi connectivity index (χ4n) is 6.54.